The summed E-state index contributed by atoms with van der Waals surface area (Å²) in [4.78, 5) is 0. The minimum absolute atomic E-state index is 0.394. The third-order valence-corrected chi connectivity index (χ3v) is 3.65. The molecule has 94 valence electrons. The lowest BCUT2D eigenvalue weighted by Crippen LogP contribution is -2.09. The van der Waals surface area contributed by atoms with Crippen LogP contribution in [0.4, 0.5) is 5.69 Å². The first-order chi connectivity index (χ1) is 8.75. The second-order valence-electron chi connectivity index (χ2n) is 4.62. The van der Waals surface area contributed by atoms with Crippen LogP contribution in [0.25, 0.3) is 11.4 Å². The van der Waals surface area contributed by atoms with Gasteiger partial charge in [-0.05, 0) is 41.5 Å². The molecule has 0 amide bonds. The maximum Gasteiger partial charge on any atom is 0.184 e. The molecule has 2 N–H and O–H groups in total. The number of nitrogens with two attached hydrogens (primary N) is 1. The highest BCUT2D eigenvalue weighted by Crippen LogP contribution is 2.33. The molecule has 2 aromatic rings. The van der Waals surface area contributed by atoms with Crippen LogP contribution in [0.3, 0.4) is 0 Å². The van der Waals surface area contributed by atoms with Crippen molar-refractivity contribution in [3.05, 3.63) is 23.2 Å². The molecule has 1 fully saturated rings. The maximum atomic E-state index is 5.99. The van der Waals surface area contributed by atoms with Crippen LogP contribution in [-0.2, 0) is 0 Å². The molecule has 0 bridgehead atoms. The highest BCUT2D eigenvalue weighted by atomic mass is 35.5. The smallest absolute Gasteiger partial charge is 0.184 e. The highest BCUT2D eigenvalue weighted by molar-refractivity contribution is 6.31. The fourth-order valence-electron chi connectivity index (χ4n) is 2.50. The van der Waals surface area contributed by atoms with E-state index in [0.29, 0.717) is 16.8 Å². The molecule has 0 saturated heterocycles. The predicted octanol–water partition coefficient (Wildman–Crippen LogP) is 2.69. The van der Waals surface area contributed by atoms with Gasteiger partial charge in [0.1, 0.15) is 0 Å². The monoisotopic (exact) mass is 263 g/mol. The van der Waals surface area contributed by atoms with Crippen molar-refractivity contribution >= 4 is 17.3 Å². The maximum absolute atomic E-state index is 5.99. The van der Waals surface area contributed by atoms with E-state index in [1.54, 1.807) is 12.1 Å². The predicted molar refractivity (Wildman–Crippen MR) is 70.2 cm³/mol. The van der Waals surface area contributed by atoms with Crippen LogP contribution in [0.15, 0.2) is 18.2 Å². The van der Waals surface area contributed by atoms with Crippen molar-refractivity contribution in [3.63, 3.8) is 0 Å². The van der Waals surface area contributed by atoms with Gasteiger partial charge in [0.15, 0.2) is 5.82 Å². The Balaban J connectivity index is 2.03. The van der Waals surface area contributed by atoms with E-state index < -0.39 is 0 Å². The summed E-state index contributed by atoms with van der Waals surface area (Å²) in [6.45, 7) is 0. The summed E-state index contributed by atoms with van der Waals surface area (Å²) in [7, 11) is 0. The summed E-state index contributed by atoms with van der Waals surface area (Å²) >= 11 is 5.91. The lowest BCUT2D eigenvalue weighted by Gasteiger charge is -2.12. The lowest BCUT2D eigenvalue weighted by atomic mass is 10.1. The number of rotatable bonds is 2. The largest absolute Gasteiger partial charge is 0.398 e. The molecule has 0 atom stereocenters. The molecule has 1 aromatic heterocycles. The Hall–Kier alpha value is -1.62. The average molecular weight is 264 g/mol. The molecule has 3 rings (SSSR count). The fraction of sp³-hybridized carbons (Fsp3) is 0.417. The van der Waals surface area contributed by atoms with E-state index >= 15 is 0 Å². The van der Waals surface area contributed by atoms with Crippen molar-refractivity contribution in [3.8, 4) is 11.4 Å². The van der Waals surface area contributed by atoms with E-state index in [0.717, 1.165) is 24.2 Å². The SMILES string of the molecule is Nc1cc(Cl)ccc1-c1nnnn1C1CCCC1. The number of hydrogen-bond donors (Lipinski definition) is 1. The van der Waals surface area contributed by atoms with E-state index in [4.69, 9.17) is 17.3 Å². The van der Waals surface area contributed by atoms with Crippen LogP contribution >= 0.6 is 11.6 Å². The molecule has 0 radical (unpaired) electrons. The zero-order valence-corrected chi connectivity index (χ0v) is 10.6. The van der Waals surface area contributed by atoms with Gasteiger partial charge in [-0.1, -0.05) is 24.4 Å². The molecule has 0 aliphatic heterocycles. The van der Waals surface area contributed by atoms with Crippen LogP contribution < -0.4 is 5.73 Å². The first kappa shape index (κ1) is 11.5. The zero-order chi connectivity index (χ0) is 12.5. The summed E-state index contributed by atoms with van der Waals surface area (Å²) in [5.74, 6) is 0.732. The summed E-state index contributed by atoms with van der Waals surface area (Å²) in [6, 6.07) is 5.80. The summed E-state index contributed by atoms with van der Waals surface area (Å²) < 4.78 is 1.90. The number of halogens is 1. The van der Waals surface area contributed by atoms with E-state index in [-0.39, 0.29) is 0 Å². The summed E-state index contributed by atoms with van der Waals surface area (Å²) in [6.07, 6.45) is 4.73. The van der Waals surface area contributed by atoms with Crippen LogP contribution in [0.5, 0.6) is 0 Å². The summed E-state index contributed by atoms with van der Waals surface area (Å²) in [5.41, 5.74) is 7.44. The number of nitrogens with zero attached hydrogens (tertiary/aromatic N) is 4. The van der Waals surface area contributed by atoms with Crippen molar-refractivity contribution < 1.29 is 0 Å². The van der Waals surface area contributed by atoms with E-state index in [1.807, 2.05) is 10.7 Å². The molecule has 1 aliphatic carbocycles. The fourth-order valence-corrected chi connectivity index (χ4v) is 2.68. The third kappa shape index (κ3) is 1.95. The first-order valence-corrected chi connectivity index (χ1v) is 6.47. The second kappa shape index (κ2) is 4.57. The third-order valence-electron chi connectivity index (χ3n) is 3.42. The van der Waals surface area contributed by atoms with Crippen LogP contribution in [0.1, 0.15) is 31.7 Å². The number of aromatic nitrogens is 4. The van der Waals surface area contributed by atoms with Crippen molar-refractivity contribution in [1.82, 2.24) is 20.2 Å². The number of hydrogen-bond acceptors (Lipinski definition) is 4. The molecular weight excluding hydrogens is 250 g/mol. The topological polar surface area (TPSA) is 69.6 Å². The molecule has 0 unspecified atom stereocenters. The minimum Gasteiger partial charge on any atom is -0.398 e. The molecule has 0 spiro atoms. The summed E-state index contributed by atoms with van der Waals surface area (Å²) in [5, 5.41) is 12.6. The normalized spacial score (nSPS) is 16.3. The van der Waals surface area contributed by atoms with Crippen LogP contribution in [0, 0.1) is 0 Å². The van der Waals surface area contributed by atoms with Gasteiger partial charge < -0.3 is 5.73 Å². The minimum atomic E-state index is 0.394. The van der Waals surface area contributed by atoms with Gasteiger partial charge in [0.05, 0.1) is 6.04 Å². The highest BCUT2D eigenvalue weighted by Gasteiger charge is 2.22. The standard InChI is InChI=1S/C12H14ClN5/c13-8-5-6-10(11(14)7-8)12-15-16-17-18(12)9-3-1-2-4-9/h5-7,9H,1-4,14H2. The zero-order valence-electron chi connectivity index (χ0n) is 9.88. The Morgan fingerprint density at radius 3 is 2.78 bits per heavy atom. The van der Waals surface area contributed by atoms with Gasteiger partial charge in [-0.25, -0.2) is 4.68 Å². The molecular formula is C12H14ClN5. The van der Waals surface area contributed by atoms with Crippen LogP contribution in [0.2, 0.25) is 5.02 Å². The molecule has 18 heavy (non-hydrogen) atoms. The van der Waals surface area contributed by atoms with Gasteiger partial charge in [-0.2, -0.15) is 0 Å². The van der Waals surface area contributed by atoms with Gasteiger partial charge in [0.2, 0.25) is 0 Å². The van der Waals surface area contributed by atoms with Crippen molar-refractivity contribution in [2.24, 2.45) is 0 Å². The number of tetrazole rings is 1. The molecule has 1 aromatic carbocycles. The quantitative estimate of drug-likeness (QED) is 0.846. The van der Waals surface area contributed by atoms with Gasteiger partial charge in [-0.15, -0.1) is 5.10 Å². The van der Waals surface area contributed by atoms with Gasteiger partial charge >= 0.3 is 0 Å². The molecule has 1 aliphatic rings. The second-order valence-corrected chi connectivity index (χ2v) is 5.05. The Morgan fingerprint density at radius 2 is 2.06 bits per heavy atom. The number of anilines is 1. The van der Waals surface area contributed by atoms with E-state index in [1.165, 1.54) is 12.8 Å². The van der Waals surface area contributed by atoms with E-state index in [2.05, 4.69) is 15.5 Å². The van der Waals surface area contributed by atoms with Gasteiger partial charge in [0.25, 0.3) is 0 Å². The molecule has 1 heterocycles. The Bertz CT molecular complexity index is 559. The van der Waals surface area contributed by atoms with Gasteiger partial charge in [-0.3, -0.25) is 0 Å². The average Bonchev–Trinajstić information content (AvgIpc) is 2.98. The van der Waals surface area contributed by atoms with Crippen LogP contribution in [-0.4, -0.2) is 20.2 Å². The van der Waals surface area contributed by atoms with Crippen molar-refractivity contribution in [1.29, 1.82) is 0 Å². The molecule has 1 saturated carbocycles. The first-order valence-electron chi connectivity index (χ1n) is 6.09. The molecule has 6 heteroatoms. The Kier molecular flexibility index (Phi) is 2.91. The van der Waals surface area contributed by atoms with E-state index in [9.17, 15) is 0 Å². The van der Waals surface area contributed by atoms with Crippen molar-refractivity contribution in [2.45, 2.75) is 31.7 Å². The van der Waals surface area contributed by atoms with Crippen molar-refractivity contribution in [2.75, 3.05) is 5.73 Å². The van der Waals surface area contributed by atoms with Gasteiger partial charge in [0, 0.05) is 16.3 Å². The number of nitrogen functional groups attached to an aromatic ring is 1. The Labute approximate surface area is 110 Å². The number of benzene rings is 1. The molecule has 5 nitrogen and oxygen atoms in total. The Morgan fingerprint density at radius 1 is 1.28 bits per heavy atom. The lowest BCUT2D eigenvalue weighted by molar-refractivity contribution is 0.458.